The molecule has 3 N–H and O–H groups in total. The molecular weight excluding hydrogens is 340 g/mol. The van der Waals surface area contributed by atoms with Crippen LogP contribution in [0.2, 0.25) is 0 Å². The fourth-order valence-electron chi connectivity index (χ4n) is 2.41. The largest absolute Gasteiger partial charge is 0.480 e. The van der Waals surface area contributed by atoms with E-state index in [1.165, 1.54) is 24.1 Å². The van der Waals surface area contributed by atoms with E-state index in [-0.39, 0.29) is 24.8 Å². The number of rotatable bonds is 4. The van der Waals surface area contributed by atoms with Crippen LogP contribution in [0.15, 0.2) is 36.4 Å². The normalized spacial score (nSPS) is 12.8. The molecule has 1 aromatic heterocycles. The van der Waals surface area contributed by atoms with E-state index in [9.17, 15) is 14.4 Å². The molecule has 2 heterocycles. The maximum Gasteiger partial charge on any atom is 0.337 e. The molecule has 9 heteroatoms. The van der Waals surface area contributed by atoms with Crippen LogP contribution in [0.4, 0.5) is 17.3 Å². The van der Waals surface area contributed by atoms with Gasteiger partial charge in [0.1, 0.15) is 12.4 Å². The number of fused-ring (bicyclic) bond motifs is 1. The first-order valence-corrected chi connectivity index (χ1v) is 7.66. The highest BCUT2D eigenvalue weighted by Gasteiger charge is 2.29. The van der Waals surface area contributed by atoms with E-state index in [1.54, 1.807) is 24.3 Å². The molecule has 9 nitrogen and oxygen atoms in total. The molecule has 0 aliphatic carbocycles. The highest BCUT2D eigenvalue weighted by Crippen LogP contribution is 2.30. The first kappa shape index (κ1) is 17.2. The van der Waals surface area contributed by atoms with Crippen LogP contribution >= 0.6 is 0 Å². The van der Waals surface area contributed by atoms with E-state index in [0.717, 1.165) is 0 Å². The van der Waals surface area contributed by atoms with Gasteiger partial charge in [-0.05, 0) is 36.4 Å². The van der Waals surface area contributed by atoms with Crippen LogP contribution < -0.4 is 20.7 Å². The minimum atomic E-state index is -0.470. The number of benzene rings is 1. The predicted octanol–water partition coefficient (Wildman–Crippen LogP) is 0.814. The first-order chi connectivity index (χ1) is 12.5. The number of pyridine rings is 1. The summed E-state index contributed by atoms with van der Waals surface area (Å²) in [5.41, 5.74) is 6.49. The van der Waals surface area contributed by atoms with Gasteiger partial charge >= 0.3 is 5.97 Å². The number of methoxy groups -OCH3 is 1. The van der Waals surface area contributed by atoms with Crippen molar-refractivity contribution in [2.75, 3.05) is 36.2 Å². The third kappa shape index (κ3) is 3.56. The Labute approximate surface area is 148 Å². The number of ether oxygens (including phenoxy) is 2. The molecule has 1 aliphatic heterocycles. The molecule has 134 valence electrons. The Morgan fingerprint density at radius 3 is 2.69 bits per heavy atom. The van der Waals surface area contributed by atoms with E-state index in [2.05, 4.69) is 15.0 Å². The maximum atomic E-state index is 12.3. The van der Waals surface area contributed by atoms with Crippen molar-refractivity contribution in [1.82, 2.24) is 4.98 Å². The average molecular weight is 356 g/mol. The second kappa shape index (κ2) is 7.09. The van der Waals surface area contributed by atoms with Gasteiger partial charge < -0.3 is 20.5 Å². The van der Waals surface area contributed by atoms with Crippen molar-refractivity contribution in [3.05, 3.63) is 42.0 Å². The number of carbonyl (C=O) groups excluding carboxylic acids is 3. The molecule has 0 fully saturated rings. The molecular formula is C17H16N4O5. The molecule has 1 aliphatic rings. The van der Waals surface area contributed by atoms with E-state index < -0.39 is 17.8 Å². The number of amides is 2. The van der Waals surface area contributed by atoms with Crippen LogP contribution in [0, 0.1) is 0 Å². The van der Waals surface area contributed by atoms with Crippen LogP contribution in [0.3, 0.4) is 0 Å². The van der Waals surface area contributed by atoms with Crippen molar-refractivity contribution in [2.45, 2.75) is 0 Å². The van der Waals surface area contributed by atoms with Crippen LogP contribution in [0.25, 0.3) is 0 Å². The van der Waals surface area contributed by atoms with Gasteiger partial charge in [-0.3, -0.25) is 14.5 Å². The summed E-state index contributed by atoms with van der Waals surface area (Å²) < 4.78 is 9.90. The Morgan fingerprint density at radius 2 is 2.00 bits per heavy atom. The number of esters is 1. The Kier molecular flexibility index (Phi) is 4.70. The first-order valence-electron chi connectivity index (χ1n) is 7.66. The summed E-state index contributed by atoms with van der Waals surface area (Å²) in [5.74, 6) is -0.493. The minimum absolute atomic E-state index is 0.181. The Balaban J connectivity index is 1.71. The van der Waals surface area contributed by atoms with Gasteiger partial charge in [-0.1, -0.05) is 0 Å². The fourth-order valence-corrected chi connectivity index (χ4v) is 2.41. The summed E-state index contributed by atoms with van der Waals surface area (Å²) in [5, 5.41) is 2.65. The SMILES string of the molecule is COC(=O)c1ccc(NC(=O)CN2C(=O)COc3ccc(N)nc32)cc1. The summed E-state index contributed by atoms with van der Waals surface area (Å²) in [4.78, 5) is 41.1. The highest BCUT2D eigenvalue weighted by molar-refractivity contribution is 6.04. The Bertz CT molecular complexity index is 866. The summed E-state index contributed by atoms with van der Waals surface area (Å²) in [6, 6.07) is 9.33. The lowest BCUT2D eigenvalue weighted by molar-refractivity contribution is -0.123. The molecule has 0 atom stereocenters. The van der Waals surface area contributed by atoms with E-state index in [4.69, 9.17) is 10.5 Å². The van der Waals surface area contributed by atoms with Gasteiger partial charge in [0.2, 0.25) is 5.91 Å². The van der Waals surface area contributed by atoms with E-state index in [0.29, 0.717) is 17.0 Å². The fraction of sp³-hybridized carbons (Fsp3) is 0.176. The number of nitrogens with zero attached hydrogens (tertiary/aromatic N) is 2. The topological polar surface area (TPSA) is 124 Å². The molecule has 1 aromatic carbocycles. The number of nitrogen functional groups attached to an aromatic ring is 1. The van der Waals surface area contributed by atoms with Crippen molar-refractivity contribution in [3.63, 3.8) is 0 Å². The summed E-state index contributed by atoms with van der Waals surface area (Å²) >= 11 is 0. The summed E-state index contributed by atoms with van der Waals surface area (Å²) in [6.07, 6.45) is 0. The van der Waals surface area contributed by atoms with Gasteiger partial charge in [0.15, 0.2) is 18.2 Å². The predicted molar refractivity (Wildman–Crippen MR) is 92.9 cm³/mol. The Hall–Kier alpha value is -3.62. The molecule has 3 rings (SSSR count). The minimum Gasteiger partial charge on any atom is -0.480 e. The van der Waals surface area contributed by atoms with Crippen LogP contribution in [-0.4, -0.2) is 43.0 Å². The lowest BCUT2D eigenvalue weighted by Gasteiger charge is -2.27. The zero-order valence-electron chi connectivity index (χ0n) is 13.9. The number of nitrogens with one attached hydrogen (secondary N) is 1. The number of carbonyl (C=O) groups is 3. The lowest BCUT2D eigenvalue weighted by atomic mass is 10.2. The zero-order valence-corrected chi connectivity index (χ0v) is 13.9. The standard InChI is InChI=1S/C17H16N4O5/c1-25-17(24)10-2-4-11(5-3-10)19-14(22)8-21-15(23)9-26-12-6-7-13(18)20-16(12)21/h2-7H,8-9H2,1H3,(H2,18,20)(H,19,22). The summed E-state index contributed by atoms with van der Waals surface area (Å²) in [7, 11) is 1.29. The van der Waals surface area contributed by atoms with Crippen molar-refractivity contribution in [1.29, 1.82) is 0 Å². The van der Waals surface area contributed by atoms with Gasteiger partial charge in [0.05, 0.1) is 12.7 Å². The van der Waals surface area contributed by atoms with Crippen molar-refractivity contribution in [2.24, 2.45) is 0 Å². The highest BCUT2D eigenvalue weighted by atomic mass is 16.5. The number of hydrogen-bond acceptors (Lipinski definition) is 7. The van der Waals surface area contributed by atoms with Crippen LogP contribution in [0.5, 0.6) is 5.75 Å². The van der Waals surface area contributed by atoms with Gasteiger partial charge in [0, 0.05) is 5.69 Å². The molecule has 0 radical (unpaired) electrons. The van der Waals surface area contributed by atoms with E-state index in [1.807, 2.05) is 0 Å². The van der Waals surface area contributed by atoms with Gasteiger partial charge in [-0.2, -0.15) is 0 Å². The molecule has 0 unspecified atom stereocenters. The molecule has 2 amide bonds. The maximum absolute atomic E-state index is 12.3. The van der Waals surface area contributed by atoms with Gasteiger partial charge in [0.25, 0.3) is 5.91 Å². The Morgan fingerprint density at radius 1 is 1.27 bits per heavy atom. The molecule has 26 heavy (non-hydrogen) atoms. The molecule has 0 spiro atoms. The number of hydrogen-bond donors (Lipinski definition) is 2. The molecule has 0 saturated heterocycles. The number of aromatic nitrogens is 1. The van der Waals surface area contributed by atoms with Gasteiger partial charge in [-0.25, -0.2) is 9.78 Å². The number of anilines is 3. The third-order valence-electron chi connectivity index (χ3n) is 3.66. The lowest BCUT2D eigenvalue weighted by Crippen LogP contribution is -2.44. The number of nitrogens with two attached hydrogens (primary N) is 1. The quantitative estimate of drug-likeness (QED) is 0.777. The molecule has 2 aromatic rings. The second-order valence-corrected chi connectivity index (χ2v) is 5.44. The average Bonchev–Trinajstić information content (AvgIpc) is 2.64. The molecule has 0 saturated carbocycles. The van der Waals surface area contributed by atoms with E-state index >= 15 is 0 Å². The zero-order chi connectivity index (χ0) is 18.7. The third-order valence-corrected chi connectivity index (χ3v) is 3.66. The van der Waals surface area contributed by atoms with Gasteiger partial charge in [-0.15, -0.1) is 0 Å². The van der Waals surface area contributed by atoms with Crippen molar-refractivity contribution in [3.8, 4) is 5.75 Å². The van der Waals surface area contributed by atoms with Crippen molar-refractivity contribution < 1.29 is 23.9 Å². The summed E-state index contributed by atoms with van der Waals surface area (Å²) in [6.45, 7) is -0.426. The smallest absolute Gasteiger partial charge is 0.337 e. The molecule has 0 bridgehead atoms. The monoisotopic (exact) mass is 356 g/mol. The van der Waals surface area contributed by atoms with Crippen molar-refractivity contribution >= 4 is 35.1 Å². The van der Waals surface area contributed by atoms with Crippen LogP contribution in [-0.2, 0) is 14.3 Å². The second-order valence-electron chi connectivity index (χ2n) is 5.44. The van der Waals surface area contributed by atoms with Crippen LogP contribution in [0.1, 0.15) is 10.4 Å².